The summed E-state index contributed by atoms with van der Waals surface area (Å²) < 4.78 is 23.8. The van der Waals surface area contributed by atoms with Crippen LogP contribution in [0.5, 0.6) is 11.5 Å². The first kappa shape index (κ1) is 15.6. The van der Waals surface area contributed by atoms with Gasteiger partial charge in [0.25, 0.3) is 0 Å². The van der Waals surface area contributed by atoms with Crippen molar-refractivity contribution in [2.45, 2.75) is 6.92 Å². The molecule has 2 rings (SSSR count). The lowest BCUT2D eigenvalue weighted by Gasteiger charge is -2.12. The number of esters is 1. The zero-order valence-electron chi connectivity index (χ0n) is 11.0. The molecule has 0 aliphatic heterocycles. The summed E-state index contributed by atoms with van der Waals surface area (Å²) in [6.07, 6.45) is 0. The Morgan fingerprint density at radius 1 is 1.19 bits per heavy atom. The molecular formula is C15H11Cl2FO3. The van der Waals surface area contributed by atoms with E-state index >= 15 is 0 Å². The Labute approximate surface area is 131 Å². The van der Waals surface area contributed by atoms with Crippen LogP contribution in [0.15, 0.2) is 36.4 Å². The normalized spacial score (nSPS) is 10.3. The van der Waals surface area contributed by atoms with Crippen LogP contribution in [0.4, 0.5) is 4.39 Å². The second-order valence-corrected chi connectivity index (χ2v) is 4.80. The van der Waals surface area contributed by atoms with Crippen LogP contribution in [0.3, 0.4) is 0 Å². The summed E-state index contributed by atoms with van der Waals surface area (Å²) in [6.45, 7) is 1.88. The maximum absolute atomic E-state index is 13.4. The Hall–Kier alpha value is -1.78. The van der Waals surface area contributed by atoms with E-state index in [1.165, 1.54) is 6.07 Å². The average molecular weight is 329 g/mol. The zero-order chi connectivity index (χ0) is 15.4. The number of benzene rings is 2. The molecule has 2 aromatic rings. The topological polar surface area (TPSA) is 35.5 Å². The van der Waals surface area contributed by atoms with Crippen LogP contribution in [0, 0.1) is 5.82 Å². The van der Waals surface area contributed by atoms with E-state index in [4.69, 9.17) is 32.7 Å². The number of ether oxygens (including phenoxy) is 2. The molecule has 0 bridgehead atoms. The molecule has 21 heavy (non-hydrogen) atoms. The molecule has 0 N–H and O–H groups in total. The summed E-state index contributed by atoms with van der Waals surface area (Å²) in [5.41, 5.74) is 0.106. The molecule has 0 radical (unpaired) electrons. The molecule has 0 aliphatic rings. The molecule has 6 heteroatoms. The predicted molar refractivity (Wildman–Crippen MR) is 78.9 cm³/mol. The Kier molecular flexibility index (Phi) is 5.04. The van der Waals surface area contributed by atoms with Crippen molar-refractivity contribution >= 4 is 29.2 Å². The number of carbonyl (C=O) groups is 1. The molecule has 0 spiro atoms. The van der Waals surface area contributed by atoms with Gasteiger partial charge in [-0.15, -0.1) is 0 Å². The van der Waals surface area contributed by atoms with Crippen LogP contribution >= 0.6 is 23.2 Å². The largest absolute Gasteiger partial charge is 0.462 e. The van der Waals surface area contributed by atoms with Crippen LogP contribution in [0.2, 0.25) is 10.0 Å². The Balaban J connectivity index is 2.41. The maximum atomic E-state index is 13.4. The molecule has 0 saturated carbocycles. The zero-order valence-corrected chi connectivity index (χ0v) is 12.5. The lowest BCUT2D eigenvalue weighted by Crippen LogP contribution is -2.06. The first-order valence-electron chi connectivity index (χ1n) is 6.11. The van der Waals surface area contributed by atoms with Crippen LogP contribution < -0.4 is 4.74 Å². The van der Waals surface area contributed by atoms with Crippen molar-refractivity contribution in [3.05, 3.63) is 57.8 Å². The van der Waals surface area contributed by atoms with E-state index in [1.807, 2.05) is 0 Å². The molecular weight excluding hydrogens is 318 g/mol. The van der Waals surface area contributed by atoms with Gasteiger partial charge in [-0.05, 0) is 31.2 Å². The fraction of sp³-hybridized carbons (Fsp3) is 0.133. The monoisotopic (exact) mass is 328 g/mol. The van der Waals surface area contributed by atoms with Gasteiger partial charge in [0.1, 0.15) is 27.9 Å². The molecule has 0 amide bonds. The highest BCUT2D eigenvalue weighted by molar-refractivity contribution is 6.42. The summed E-state index contributed by atoms with van der Waals surface area (Å²) in [4.78, 5) is 11.8. The molecule has 0 fully saturated rings. The van der Waals surface area contributed by atoms with E-state index in [2.05, 4.69) is 0 Å². The van der Waals surface area contributed by atoms with E-state index in [0.717, 1.165) is 12.1 Å². The fourth-order valence-corrected chi connectivity index (χ4v) is 1.97. The van der Waals surface area contributed by atoms with Crippen LogP contribution in [-0.2, 0) is 4.74 Å². The SMILES string of the molecule is CCOC(=O)c1ccc(F)cc1Oc1cccc(Cl)c1Cl. The number of carbonyl (C=O) groups excluding carboxylic acids is 1. The molecule has 0 atom stereocenters. The van der Waals surface area contributed by atoms with Crippen LogP contribution in [0.25, 0.3) is 0 Å². The standard InChI is InChI=1S/C15H11Cl2FO3/c1-2-20-15(19)10-7-6-9(18)8-13(10)21-12-5-3-4-11(16)14(12)17/h3-8H,2H2,1H3. The predicted octanol–water partition coefficient (Wildman–Crippen LogP) is 5.10. The molecule has 0 aromatic heterocycles. The van der Waals surface area contributed by atoms with E-state index in [1.54, 1.807) is 25.1 Å². The van der Waals surface area contributed by atoms with Gasteiger partial charge in [0, 0.05) is 6.07 Å². The highest BCUT2D eigenvalue weighted by atomic mass is 35.5. The van der Waals surface area contributed by atoms with Gasteiger partial charge in [-0.25, -0.2) is 9.18 Å². The number of hydrogen-bond donors (Lipinski definition) is 0. The van der Waals surface area contributed by atoms with Crippen molar-refractivity contribution in [3.63, 3.8) is 0 Å². The third-order valence-electron chi connectivity index (χ3n) is 2.58. The van der Waals surface area contributed by atoms with E-state index in [0.29, 0.717) is 5.02 Å². The van der Waals surface area contributed by atoms with E-state index in [9.17, 15) is 9.18 Å². The van der Waals surface area contributed by atoms with Crippen LogP contribution in [0.1, 0.15) is 17.3 Å². The Bertz CT molecular complexity index is 674. The third kappa shape index (κ3) is 3.65. The lowest BCUT2D eigenvalue weighted by atomic mass is 10.2. The minimum Gasteiger partial charge on any atom is -0.462 e. The Morgan fingerprint density at radius 2 is 1.95 bits per heavy atom. The molecule has 0 heterocycles. The second kappa shape index (κ2) is 6.78. The van der Waals surface area contributed by atoms with Crippen molar-refractivity contribution < 1.29 is 18.7 Å². The average Bonchev–Trinajstić information content (AvgIpc) is 2.44. The van der Waals surface area contributed by atoms with Crippen molar-refractivity contribution in [3.8, 4) is 11.5 Å². The molecule has 0 aliphatic carbocycles. The van der Waals surface area contributed by atoms with Crippen molar-refractivity contribution in [1.29, 1.82) is 0 Å². The Morgan fingerprint density at radius 3 is 2.67 bits per heavy atom. The molecule has 2 aromatic carbocycles. The molecule has 0 saturated heterocycles. The van der Waals surface area contributed by atoms with Crippen molar-refractivity contribution in [2.75, 3.05) is 6.61 Å². The summed E-state index contributed by atoms with van der Waals surface area (Å²) in [5.74, 6) is -0.917. The summed E-state index contributed by atoms with van der Waals surface area (Å²) >= 11 is 11.9. The van der Waals surface area contributed by atoms with Gasteiger partial charge in [0.05, 0.1) is 11.6 Å². The minimum absolute atomic E-state index is 0.0117. The van der Waals surface area contributed by atoms with Gasteiger partial charge in [-0.2, -0.15) is 0 Å². The quantitative estimate of drug-likeness (QED) is 0.732. The second-order valence-electron chi connectivity index (χ2n) is 4.01. The molecule has 0 unspecified atom stereocenters. The van der Waals surface area contributed by atoms with Crippen molar-refractivity contribution in [1.82, 2.24) is 0 Å². The first-order chi connectivity index (χ1) is 10.0. The summed E-state index contributed by atoms with van der Waals surface area (Å²) in [6, 6.07) is 8.32. The number of hydrogen-bond acceptors (Lipinski definition) is 3. The van der Waals surface area contributed by atoms with Gasteiger partial charge in [-0.1, -0.05) is 29.3 Å². The van der Waals surface area contributed by atoms with Gasteiger partial charge >= 0.3 is 5.97 Å². The van der Waals surface area contributed by atoms with Gasteiger partial charge < -0.3 is 9.47 Å². The van der Waals surface area contributed by atoms with Gasteiger partial charge in [0.2, 0.25) is 0 Å². The smallest absolute Gasteiger partial charge is 0.341 e. The third-order valence-corrected chi connectivity index (χ3v) is 3.38. The fourth-order valence-electron chi connectivity index (χ4n) is 1.64. The molecule has 110 valence electrons. The maximum Gasteiger partial charge on any atom is 0.341 e. The minimum atomic E-state index is -0.606. The number of halogens is 3. The van der Waals surface area contributed by atoms with E-state index in [-0.39, 0.29) is 28.7 Å². The first-order valence-corrected chi connectivity index (χ1v) is 6.87. The van der Waals surface area contributed by atoms with Gasteiger partial charge in [-0.3, -0.25) is 0 Å². The van der Waals surface area contributed by atoms with Crippen molar-refractivity contribution in [2.24, 2.45) is 0 Å². The summed E-state index contributed by atoms with van der Waals surface area (Å²) in [7, 11) is 0. The molecule has 3 nitrogen and oxygen atoms in total. The van der Waals surface area contributed by atoms with E-state index < -0.39 is 11.8 Å². The highest BCUT2D eigenvalue weighted by Crippen LogP contribution is 2.36. The number of rotatable bonds is 4. The lowest BCUT2D eigenvalue weighted by molar-refractivity contribution is 0.0523. The summed E-state index contributed by atoms with van der Waals surface area (Å²) in [5, 5.41) is 0.474. The van der Waals surface area contributed by atoms with Gasteiger partial charge in [0.15, 0.2) is 0 Å². The highest BCUT2D eigenvalue weighted by Gasteiger charge is 2.17. The van der Waals surface area contributed by atoms with Crippen LogP contribution in [-0.4, -0.2) is 12.6 Å².